The molecule has 0 N–H and O–H groups in total. The highest BCUT2D eigenvalue weighted by Gasteiger charge is 2.35. The van der Waals surface area contributed by atoms with E-state index in [1.165, 1.54) is 6.07 Å². The van der Waals surface area contributed by atoms with Crippen molar-refractivity contribution in [1.82, 2.24) is 0 Å². The summed E-state index contributed by atoms with van der Waals surface area (Å²) in [5.41, 5.74) is -0.178. The lowest BCUT2D eigenvalue weighted by Gasteiger charge is -2.34. The van der Waals surface area contributed by atoms with Crippen LogP contribution in [-0.4, -0.2) is 46.3 Å². The Bertz CT molecular complexity index is 739. The highest BCUT2D eigenvalue weighted by Crippen LogP contribution is 2.33. The van der Waals surface area contributed by atoms with Crippen molar-refractivity contribution in [1.29, 1.82) is 0 Å². The fraction of sp³-hybridized carbons (Fsp3) is 0.500. The van der Waals surface area contributed by atoms with Gasteiger partial charge in [0.05, 0.1) is 25.0 Å². The third kappa shape index (κ3) is 6.09. The van der Waals surface area contributed by atoms with Gasteiger partial charge in [-0.15, -0.1) is 13.2 Å². The lowest BCUT2D eigenvalue weighted by Crippen LogP contribution is -2.40. The molecule has 0 aromatic heterocycles. The summed E-state index contributed by atoms with van der Waals surface area (Å²) in [6.07, 6.45) is -4.54. The molecule has 2 rings (SSSR count). The standard InChI is InChI=1S/C14H15F3O7S/c1-21-13(18)8-3-9(5-11(4-8)23-14(15,16)17)22-10-6-12(7-10)24-25(2,19)20/h3-5,10,12H,6-7H2,1-2H3. The van der Waals surface area contributed by atoms with E-state index in [-0.39, 0.29) is 24.2 Å². The van der Waals surface area contributed by atoms with Crippen LogP contribution in [0.1, 0.15) is 23.2 Å². The van der Waals surface area contributed by atoms with Crippen molar-refractivity contribution in [3.05, 3.63) is 23.8 Å². The van der Waals surface area contributed by atoms with Gasteiger partial charge in [-0.25, -0.2) is 4.79 Å². The number of rotatable bonds is 6. The average molecular weight is 384 g/mol. The zero-order valence-corrected chi connectivity index (χ0v) is 14.0. The molecule has 0 spiro atoms. The van der Waals surface area contributed by atoms with Crippen molar-refractivity contribution in [2.45, 2.75) is 31.4 Å². The molecule has 1 saturated carbocycles. The summed E-state index contributed by atoms with van der Waals surface area (Å²) in [7, 11) is -2.51. The molecular formula is C14H15F3O7S. The van der Waals surface area contributed by atoms with Crippen LogP contribution in [0.4, 0.5) is 13.2 Å². The van der Waals surface area contributed by atoms with Gasteiger partial charge in [-0.1, -0.05) is 0 Å². The zero-order valence-electron chi connectivity index (χ0n) is 13.2. The Hall–Kier alpha value is -2.01. The number of carbonyl (C=O) groups is 1. The second-order valence-electron chi connectivity index (χ2n) is 5.37. The van der Waals surface area contributed by atoms with E-state index in [0.29, 0.717) is 0 Å². The summed E-state index contributed by atoms with van der Waals surface area (Å²) < 4.78 is 77.6. The first-order valence-electron chi connectivity index (χ1n) is 6.99. The number of esters is 1. The fourth-order valence-corrected chi connectivity index (χ4v) is 2.85. The fourth-order valence-electron chi connectivity index (χ4n) is 2.20. The highest BCUT2D eigenvalue weighted by molar-refractivity contribution is 7.86. The SMILES string of the molecule is COC(=O)c1cc(OC2CC(OS(C)(=O)=O)C2)cc(OC(F)(F)F)c1. The number of hydrogen-bond acceptors (Lipinski definition) is 7. The van der Waals surface area contributed by atoms with Crippen molar-refractivity contribution >= 4 is 16.1 Å². The van der Waals surface area contributed by atoms with Crippen LogP contribution >= 0.6 is 0 Å². The molecule has 1 aliphatic rings. The molecule has 0 unspecified atom stereocenters. The maximum absolute atomic E-state index is 12.4. The van der Waals surface area contributed by atoms with Gasteiger partial charge in [0, 0.05) is 18.9 Å². The molecule has 0 saturated heterocycles. The lowest BCUT2D eigenvalue weighted by atomic mass is 9.92. The van der Waals surface area contributed by atoms with E-state index in [1.54, 1.807) is 0 Å². The normalized spacial score (nSPS) is 20.5. The molecule has 11 heteroatoms. The van der Waals surface area contributed by atoms with Crippen molar-refractivity contribution in [3.63, 3.8) is 0 Å². The number of halogens is 3. The number of benzene rings is 1. The zero-order chi connectivity index (χ0) is 18.8. The Morgan fingerprint density at radius 1 is 1.12 bits per heavy atom. The number of alkyl halides is 3. The molecule has 0 heterocycles. The van der Waals surface area contributed by atoms with Crippen LogP contribution in [-0.2, 0) is 19.0 Å². The van der Waals surface area contributed by atoms with Crippen LogP contribution in [0.3, 0.4) is 0 Å². The molecule has 0 bridgehead atoms. The monoisotopic (exact) mass is 384 g/mol. The summed E-state index contributed by atoms with van der Waals surface area (Å²) in [4.78, 5) is 11.6. The van der Waals surface area contributed by atoms with Crippen LogP contribution in [0.2, 0.25) is 0 Å². The van der Waals surface area contributed by atoms with Crippen LogP contribution in [0, 0.1) is 0 Å². The van der Waals surface area contributed by atoms with E-state index in [9.17, 15) is 26.4 Å². The van der Waals surface area contributed by atoms with Gasteiger partial charge in [0.1, 0.15) is 17.6 Å². The number of methoxy groups -OCH3 is 1. The van der Waals surface area contributed by atoms with Gasteiger partial charge in [0.2, 0.25) is 0 Å². The number of hydrogen-bond donors (Lipinski definition) is 0. The molecule has 1 fully saturated rings. The molecule has 7 nitrogen and oxygen atoms in total. The van der Waals surface area contributed by atoms with Gasteiger partial charge in [0.15, 0.2) is 0 Å². The Labute approximate surface area is 141 Å². The lowest BCUT2D eigenvalue weighted by molar-refractivity contribution is -0.274. The summed E-state index contributed by atoms with van der Waals surface area (Å²) in [6.45, 7) is 0. The van der Waals surface area contributed by atoms with Gasteiger partial charge in [-0.05, 0) is 12.1 Å². The smallest absolute Gasteiger partial charge is 0.490 e. The minimum atomic E-state index is -4.93. The third-order valence-corrected chi connectivity index (χ3v) is 3.82. The van der Waals surface area contributed by atoms with Gasteiger partial charge in [0.25, 0.3) is 10.1 Å². The Morgan fingerprint density at radius 3 is 2.24 bits per heavy atom. The molecule has 0 aliphatic heterocycles. The van der Waals surface area contributed by atoms with Gasteiger partial charge in [-0.3, -0.25) is 4.18 Å². The third-order valence-electron chi connectivity index (χ3n) is 3.20. The van der Waals surface area contributed by atoms with Crippen LogP contribution in [0.25, 0.3) is 0 Å². The van der Waals surface area contributed by atoms with Crippen molar-refractivity contribution in [2.24, 2.45) is 0 Å². The molecule has 25 heavy (non-hydrogen) atoms. The van der Waals surface area contributed by atoms with E-state index in [4.69, 9.17) is 8.92 Å². The van der Waals surface area contributed by atoms with Gasteiger partial charge < -0.3 is 14.2 Å². The predicted molar refractivity (Wildman–Crippen MR) is 77.8 cm³/mol. The molecule has 140 valence electrons. The largest absolute Gasteiger partial charge is 0.573 e. The molecule has 1 aromatic carbocycles. The Kier molecular flexibility index (Phi) is 5.47. The second-order valence-corrected chi connectivity index (χ2v) is 6.97. The van der Waals surface area contributed by atoms with Crippen molar-refractivity contribution < 1.29 is 44.8 Å². The molecule has 0 amide bonds. The first kappa shape index (κ1) is 19.3. The Morgan fingerprint density at radius 2 is 1.72 bits per heavy atom. The summed E-state index contributed by atoms with van der Waals surface area (Å²) in [5, 5.41) is 0. The molecule has 1 aliphatic carbocycles. The second kappa shape index (κ2) is 7.08. The predicted octanol–water partition coefficient (Wildman–Crippen LogP) is 2.26. The van der Waals surface area contributed by atoms with E-state index in [1.807, 2.05) is 0 Å². The van der Waals surface area contributed by atoms with Gasteiger partial charge >= 0.3 is 12.3 Å². The maximum Gasteiger partial charge on any atom is 0.573 e. The quantitative estimate of drug-likeness (QED) is 0.549. The minimum absolute atomic E-state index is 0.0371. The average Bonchev–Trinajstić information content (AvgIpc) is 2.40. The van der Waals surface area contributed by atoms with Crippen LogP contribution in [0.15, 0.2) is 18.2 Å². The first-order chi connectivity index (χ1) is 11.4. The summed E-state index contributed by atoms with van der Waals surface area (Å²) >= 11 is 0. The Balaban J connectivity index is 2.09. The van der Waals surface area contributed by atoms with Crippen molar-refractivity contribution in [3.8, 4) is 11.5 Å². The number of ether oxygens (including phenoxy) is 3. The molecule has 0 atom stereocenters. The molecule has 0 radical (unpaired) electrons. The first-order valence-corrected chi connectivity index (χ1v) is 8.81. The summed E-state index contributed by atoms with van der Waals surface area (Å²) in [5.74, 6) is -1.53. The minimum Gasteiger partial charge on any atom is -0.490 e. The molecular weight excluding hydrogens is 369 g/mol. The topological polar surface area (TPSA) is 88.1 Å². The van der Waals surface area contributed by atoms with Crippen LogP contribution < -0.4 is 9.47 Å². The van der Waals surface area contributed by atoms with E-state index in [0.717, 1.165) is 25.5 Å². The maximum atomic E-state index is 12.4. The molecule has 1 aromatic rings. The van der Waals surface area contributed by atoms with Gasteiger partial charge in [-0.2, -0.15) is 8.42 Å². The van der Waals surface area contributed by atoms with E-state index < -0.39 is 40.4 Å². The van der Waals surface area contributed by atoms with E-state index >= 15 is 0 Å². The van der Waals surface area contributed by atoms with E-state index in [2.05, 4.69) is 9.47 Å². The van der Waals surface area contributed by atoms with Crippen molar-refractivity contribution in [2.75, 3.05) is 13.4 Å². The number of carbonyl (C=O) groups excluding carboxylic acids is 1. The van der Waals surface area contributed by atoms with Crippen LogP contribution in [0.5, 0.6) is 11.5 Å². The summed E-state index contributed by atoms with van der Waals surface area (Å²) in [6, 6.07) is 3.06. The highest BCUT2D eigenvalue weighted by atomic mass is 32.2.